The maximum atomic E-state index is 11.7. The molecule has 0 fully saturated rings. The molecule has 0 amide bonds. The van der Waals surface area contributed by atoms with Crippen molar-refractivity contribution in [3.05, 3.63) is 17.7 Å². The molecule has 5 heteroatoms. The van der Waals surface area contributed by atoms with E-state index >= 15 is 0 Å². The average molecular weight is 280 g/mol. The first kappa shape index (κ1) is 14.5. The highest BCUT2D eigenvalue weighted by Gasteiger charge is 2.31. The fourth-order valence-corrected chi connectivity index (χ4v) is 2.06. The number of fused-ring (bicyclic) bond motifs is 1. The third-order valence-electron chi connectivity index (χ3n) is 3.08. The Morgan fingerprint density at radius 2 is 2.10 bits per heavy atom. The lowest BCUT2D eigenvalue weighted by atomic mass is 9.86. The Kier molecular flexibility index (Phi) is 3.79. The topological polar surface area (TPSA) is 65.0 Å². The largest absolute Gasteiger partial charge is 0.508 e. The van der Waals surface area contributed by atoms with Gasteiger partial charge in [-0.1, -0.05) is 20.8 Å². The molecular weight excluding hydrogens is 260 g/mol. The van der Waals surface area contributed by atoms with Crippen molar-refractivity contribution < 1.29 is 24.1 Å². The fourth-order valence-electron chi connectivity index (χ4n) is 2.06. The van der Waals surface area contributed by atoms with Gasteiger partial charge in [-0.15, -0.1) is 0 Å². The van der Waals surface area contributed by atoms with E-state index in [1.54, 1.807) is 13.0 Å². The summed E-state index contributed by atoms with van der Waals surface area (Å²) in [5, 5.41) is 10.0. The summed E-state index contributed by atoms with van der Waals surface area (Å²) in [6.45, 7) is 8.09. The van der Waals surface area contributed by atoms with Crippen LogP contribution in [0.1, 0.15) is 33.3 Å². The van der Waals surface area contributed by atoms with E-state index in [1.807, 2.05) is 20.8 Å². The Morgan fingerprint density at radius 1 is 1.40 bits per heavy atom. The van der Waals surface area contributed by atoms with Crippen molar-refractivity contribution in [2.24, 2.45) is 0 Å². The first-order valence-corrected chi connectivity index (χ1v) is 6.66. The molecule has 20 heavy (non-hydrogen) atoms. The monoisotopic (exact) mass is 280 g/mol. The molecule has 1 aromatic rings. The molecule has 1 atom stereocenters. The van der Waals surface area contributed by atoms with Gasteiger partial charge in [0, 0.05) is 11.6 Å². The Hall–Kier alpha value is -1.91. The van der Waals surface area contributed by atoms with Crippen LogP contribution in [0.25, 0.3) is 0 Å². The lowest BCUT2D eigenvalue weighted by Gasteiger charge is -2.28. The Bertz CT molecular complexity index is 516. The van der Waals surface area contributed by atoms with E-state index in [9.17, 15) is 9.90 Å². The van der Waals surface area contributed by atoms with E-state index in [2.05, 4.69) is 0 Å². The van der Waals surface area contributed by atoms with Crippen molar-refractivity contribution in [3.63, 3.8) is 0 Å². The molecule has 0 bridgehead atoms. The van der Waals surface area contributed by atoms with E-state index in [-0.39, 0.29) is 17.8 Å². The normalized spacial score (nSPS) is 17.7. The Morgan fingerprint density at radius 3 is 2.70 bits per heavy atom. The van der Waals surface area contributed by atoms with E-state index in [0.717, 1.165) is 5.56 Å². The van der Waals surface area contributed by atoms with Crippen LogP contribution in [-0.2, 0) is 14.9 Å². The molecule has 1 aromatic carbocycles. The molecule has 110 valence electrons. The Labute approximate surface area is 118 Å². The van der Waals surface area contributed by atoms with Gasteiger partial charge in [-0.25, -0.2) is 4.79 Å². The average Bonchev–Trinajstić information content (AvgIpc) is 2.36. The molecule has 0 aliphatic carbocycles. The molecule has 1 N–H and O–H groups in total. The number of hydrogen-bond donors (Lipinski definition) is 1. The van der Waals surface area contributed by atoms with Crippen LogP contribution in [0, 0.1) is 0 Å². The molecule has 2 rings (SSSR count). The number of aromatic hydroxyl groups is 1. The third-order valence-corrected chi connectivity index (χ3v) is 3.08. The molecule has 5 nitrogen and oxygen atoms in total. The van der Waals surface area contributed by atoms with Gasteiger partial charge in [0.2, 0.25) is 6.10 Å². The van der Waals surface area contributed by atoms with Gasteiger partial charge >= 0.3 is 5.97 Å². The molecule has 1 aliphatic rings. The second-order valence-electron chi connectivity index (χ2n) is 5.74. The summed E-state index contributed by atoms with van der Waals surface area (Å²) in [5.74, 6) is 0.617. The van der Waals surface area contributed by atoms with Gasteiger partial charge in [-0.2, -0.15) is 0 Å². The third kappa shape index (κ3) is 2.81. The van der Waals surface area contributed by atoms with E-state index in [0.29, 0.717) is 18.1 Å². The lowest BCUT2D eigenvalue weighted by molar-refractivity contribution is -0.153. The minimum atomic E-state index is -0.764. The second kappa shape index (κ2) is 5.23. The fraction of sp³-hybridized carbons (Fsp3) is 0.533. The van der Waals surface area contributed by atoms with Gasteiger partial charge in [0.25, 0.3) is 0 Å². The molecule has 0 spiro atoms. The number of esters is 1. The number of phenols is 1. The van der Waals surface area contributed by atoms with Crippen LogP contribution in [0.2, 0.25) is 0 Å². The van der Waals surface area contributed by atoms with Gasteiger partial charge in [0.05, 0.1) is 6.61 Å². The predicted octanol–water partition coefficient (Wildman–Crippen LogP) is 2.39. The predicted molar refractivity (Wildman–Crippen MR) is 73.4 cm³/mol. The summed E-state index contributed by atoms with van der Waals surface area (Å²) >= 11 is 0. The van der Waals surface area contributed by atoms with Gasteiger partial charge in [0.15, 0.2) is 11.5 Å². The van der Waals surface area contributed by atoms with Crippen LogP contribution >= 0.6 is 0 Å². The van der Waals surface area contributed by atoms with E-state index < -0.39 is 12.1 Å². The molecule has 0 saturated carbocycles. The standard InChI is InChI=1S/C15H20O5/c1-5-18-14(17)13-8-19-11-7-10(16)9(15(2,3)4)6-12(11)20-13/h6-7,13,16H,5,8H2,1-4H3. The smallest absolute Gasteiger partial charge is 0.350 e. The molecule has 0 radical (unpaired) electrons. The highest BCUT2D eigenvalue weighted by atomic mass is 16.6. The van der Waals surface area contributed by atoms with Crippen molar-refractivity contribution in [1.82, 2.24) is 0 Å². The summed E-state index contributed by atoms with van der Waals surface area (Å²) < 4.78 is 16.0. The Balaban J connectivity index is 2.29. The molecule has 0 saturated heterocycles. The summed E-state index contributed by atoms with van der Waals surface area (Å²) in [6.07, 6.45) is -0.764. The number of carbonyl (C=O) groups is 1. The van der Waals surface area contributed by atoms with Gasteiger partial charge in [-0.3, -0.25) is 0 Å². The van der Waals surface area contributed by atoms with Gasteiger partial charge in [0.1, 0.15) is 12.4 Å². The minimum Gasteiger partial charge on any atom is -0.508 e. The molecule has 1 heterocycles. The summed E-state index contributed by atoms with van der Waals surface area (Å²) in [6, 6.07) is 3.24. The van der Waals surface area contributed by atoms with Crippen LogP contribution < -0.4 is 9.47 Å². The van der Waals surface area contributed by atoms with Crippen LogP contribution in [0.3, 0.4) is 0 Å². The molecule has 0 aromatic heterocycles. The lowest BCUT2D eigenvalue weighted by Crippen LogP contribution is -2.38. The van der Waals surface area contributed by atoms with Crippen molar-refractivity contribution in [3.8, 4) is 17.2 Å². The maximum absolute atomic E-state index is 11.7. The van der Waals surface area contributed by atoms with Crippen molar-refractivity contribution in [2.45, 2.75) is 39.2 Å². The van der Waals surface area contributed by atoms with Crippen LogP contribution in [0.4, 0.5) is 0 Å². The van der Waals surface area contributed by atoms with Crippen LogP contribution in [0.5, 0.6) is 17.2 Å². The SMILES string of the molecule is CCOC(=O)C1COc2cc(O)c(C(C)(C)C)cc2O1. The number of carbonyl (C=O) groups excluding carboxylic acids is 1. The van der Waals surface area contributed by atoms with Crippen LogP contribution in [0.15, 0.2) is 12.1 Å². The number of rotatable bonds is 2. The summed E-state index contributed by atoms with van der Waals surface area (Å²) in [4.78, 5) is 11.7. The van der Waals surface area contributed by atoms with E-state index in [4.69, 9.17) is 14.2 Å². The summed E-state index contributed by atoms with van der Waals surface area (Å²) in [7, 11) is 0. The highest BCUT2D eigenvalue weighted by Crippen LogP contribution is 2.41. The minimum absolute atomic E-state index is 0.0835. The van der Waals surface area contributed by atoms with Crippen LogP contribution in [-0.4, -0.2) is 30.4 Å². The quantitative estimate of drug-likeness (QED) is 0.843. The number of ether oxygens (including phenoxy) is 3. The van der Waals surface area contributed by atoms with Gasteiger partial charge in [-0.05, 0) is 18.4 Å². The van der Waals surface area contributed by atoms with E-state index in [1.165, 1.54) is 6.07 Å². The van der Waals surface area contributed by atoms with Crippen molar-refractivity contribution in [2.75, 3.05) is 13.2 Å². The van der Waals surface area contributed by atoms with Gasteiger partial charge < -0.3 is 19.3 Å². The first-order valence-electron chi connectivity index (χ1n) is 6.66. The number of benzene rings is 1. The highest BCUT2D eigenvalue weighted by molar-refractivity contribution is 5.76. The zero-order valence-electron chi connectivity index (χ0n) is 12.2. The number of phenolic OH excluding ortho intramolecular Hbond substituents is 1. The van der Waals surface area contributed by atoms with Crippen molar-refractivity contribution in [1.29, 1.82) is 0 Å². The second-order valence-corrected chi connectivity index (χ2v) is 5.74. The zero-order chi connectivity index (χ0) is 14.9. The summed E-state index contributed by atoms with van der Waals surface area (Å²) in [5.41, 5.74) is 0.503. The molecule has 1 aliphatic heterocycles. The zero-order valence-corrected chi connectivity index (χ0v) is 12.2. The van der Waals surface area contributed by atoms with Crippen molar-refractivity contribution >= 4 is 5.97 Å². The maximum Gasteiger partial charge on any atom is 0.350 e. The first-order chi connectivity index (χ1) is 9.32. The molecular formula is C15H20O5. The number of hydrogen-bond acceptors (Lipinski definition) is 5. The molecule has 1 unspecified atom stereocenters.